The summed E-state index contributed by atoms with van der Waals surface area (Å²) in [5.74, 6) is -2.64. The van der Waals surface area contributed by atoms with Gasteiger partial charge in [-0.05, 0) is 42.5 Å². The van der Waals surface area contributed by atoms with Crippen LogP contribution in [0.25, 0.3) is 0 Å². The smallest absolute Gasteiger partial charge is 0.480 e. The lowest BCUT2D eigenvalue weighted by Crippen LogP contribution is -2.44. The highest BCUT2D eigenvalue weighted by Crippen LogP contribution is 2.30. The van der Waals surface area contributed by atoms with Crippen molar-refractivity contribution in [1.29, 1.82) is 0 Å². The molecule has 0 saturated carbocycles. The van der Waals surface area contributed by atoms with Crippen LogP contribution in [0.3, 0.4) is 0 Å². The Balaban J connectivity index is 1.68. The highest BCUT2D eigenvalue weighted by molar-refractivity contribution is 6.03. The first-order valence-electron chi connectivity index (χ1n) is 11.3. The van der Waals surface area contributed by atoms with Crippen LogP contribution >= 0.6 is 0 Å². The van der Waals surface area contributed by atoms with E-state index >= 15 is 0 Å². The van der Waals surface area contributed by atoms with Gasteiger partial charge in [-0.3, -0.25) is 4.79 Å². The number of anilines is 2. The molecule has 4 N–H and O–H groups in total. The number of urea groups is 1. The van der Waals surface area contributed by atoms with Crippen LogP contribution in [0.5, 0.6) is 5.75 Å². The second-order valence-electron chi connectivity index (χ2n) is 7.95. The molecule has 0 aromatic heterocycles. The average Bonchev–Trinajstić information content (AvgIpc) is 2.91. The molecule has 15 heteroatoms. The summed E-state index contributed by atoms with van der Waals surface area (Å²) >= 11 is 0. The lowest BCUT2D eigenvalue weighted by atomic mass is 10.1. The molecule has 3 amide bonds. The summed E-state index contributed by atoms with van der Waals surface area (Å²) in [6.45, 7) is 1.99. The number of nitrogens with one attached hydrogen (secondary N) is 3. The fourth-order valence-electron chi connectivity index (χ4n) is 3.38. The zero-order chi connectivity index (χ0) is 29.3. The van der Waals surface area contributed by atoms with Gasteiger partial charge in [-0.2, -0.15) is 5.10 Å². The van der Waals surface area contributed by atoms with Crippen LogP contribution in [0.1, 0.15) is 5.56 Å². The van der Waals surface area contributed by atoms with Gasteiger partial charge in [0, 0.05) is 29.7 Å². The minimum Gasteiger partial charge on any atom is -0.480 e. The van der Waals surface area contributed by atoms with E-state index in [0.717, 1.165) is 6.07 Å². The Morgan fingerprint density at radius 2 is 1.80 bits per heavy atom. The fourth-order valence-corrected chi connectivity index (χ4v) is 3.38. The Kier molecular flexibility index (Phi) is 9.56. The summed E-state index contributed by atoms with van der Waals surface area (Å²) in [7, 11) is 0. The molecule has 0 spiro atoms. The quantitative estimate of drug-likeness (QED) is 0.158. The van der Waals surface area contributed by atoms with E-state index in [4.69, 9.17) is 5.11 Å². The third-order valence-electron chi connectivity index (χ3n) is 5.15. The third kappa shape index (κ3) is 8.14. The number of para-hydroxylation sites is 2. The van der Waals surface area contributed by atoms with Gasteiger partial charge in [-0.25, -0.2) is 14.0 Å². The van der Waals surface area contributed by atoms with Crippen molar-refractivity contribution in [3.05, 3.63) is 78.0 Å². The molecule has 1 aliphatic heterocycles. The van der Waals surface area contributed by atoms with Crippen molar-refractivity contribution in [1.82, 2.24) is 10.2 Å². The first-order chi connectivity index (χ1) is 19.0. The molecule has 1 aliphatic rings. The van der Waals surface area contributed by atoms with Gasteiger partial charge in [-0.1, -0.05) is 18.2 Å². The van der Waals surface area contributed by atoms with E-state index in [1.807, 2.05) is 0 Å². The first-order valence-corrected chi connectivity index (χ1v) is 11.3. The minimum absolute atomic E-state index is 0.0584. The minimum atomic E-state index is -4.94. The molecule has 0 unspecified atom stereocenters. The SMILES string of the molecule is C=N/N=C(/c1ccc(NC(=O)Nc2ccccc2OC(F)(F)F)cc1)N1C=CC=C(C(=O)N[C@@H](CF)C(=O)O)C1. The van der Waals surface area contributed by atoms with Crippen molar-refractivity contribution in [2.24, 2.45) is 10.2 Å². The molecule has 2 aromatic rings. The topological polar surface area (TPSA) is 145 Å². The number of amides is 3. The van der Waals surface area contributed by atoms with Crippen molar-refractivity contribution in [2.75, 3.05) is 23.9 Å². The second kappa shape index (κ2) is 13.0. The van der Waals surface area contributed by atoms with Crippen LogP contribution in [0, 0.1) is 0 Å². The Morgan fingerprint density at radius 3 is 2.42 bits per heavy atom. The largest absolute Gasteiger partial charge is 0.573 e. The van der Waals surface area contributed by atoms with E-state index in [1.54, 1.807) is 18.3 Å². The molecule has 2 aromatic carbocycles. The molecule has 40 heavy (non-hydrogen) atoms. The van der Waals surface area contributed by atoms with Crippen molar-refractivity contribution < 1.29 is 41.8 Å². The Hall–Kier alpha value is -5.21. The number of nitrogens with zero attached hydrogens (tertiary/aromatic N) is 3. The number of amidine groups is 1. The van der Waals surface area contributed by atoms with E-state index in [0.29, 0.717) is 5.56 Å². The molecule has 0 saturated heterocycles. The van der Waals surface area contributed by atoms with Gasteiger partial charge in [0.25, 0.3) is 0 Å². The number of benzene rings is 2. The number of allylic oxidation sites excluding steroid dienone is 2. The van der Waals surface area contributed by atoms with Crippen LogP contribution < -0.4 is 20.7 Å². The van der Waals surface area contributed by atoms with Crippen LogP contribution in [0.15, 0.2) is 82.7 Å². The number of halogens is 4. The molecule has 11 nitrogen and oxygen atoms in total. The van der Waals surface area contributed by atoms with Gasteiger partial charge < -0.3 is 30.7 Å². The normalized spacial score (nSPS) is 14.1. The Bertz CT molecular complexity index is 1360. The fraction of sp³-hybridized carbons (Fsp3) is 0.160. The number of carboxylic acids is 1. The summed E-state index contributed by atoms with van der Waals surface area (Å²) in [6.07, 6.45) is -0.429. The van der Waals surface area contributed by atoms with Gasteiger partial charge >= 0.3 is 18.4 Å². The van der Waals surface area contributed by atoms with Gasteiger partial charge in [0.05, 0.1) is 12.2 Å². The molecule has 0 bridgehead atoms. The van der Waals surface area contributed by atoms with Crippen molar-refractivity contribution in [3.8, 4) is 5.75 Å². The number of ether oxygens (including phenoxy) is 1. The zero-order valence-corrected chi connectivity index (χ0v) is 20.5. The number of hydrogen-bond donors (Lipinski definition) is 4. The molecule has 1 atom stereocenters. The number of aliphatic carboxylic acids is 1. The molecule has 3 rings (SSSR count). The van der Waals surface area contributed by atoms with E-state index < -0.39 is 42.7 Å². The second-order valence-corrected chi connectivity index (χ2v) is 7.95. The van der Waals surface area contributed by atoms with Gasteiger partial charge in [0.2, 0.25) is 5.91 Å². The van der Waals surface area contributed by atoms with Crippen LogP contribution in [0.4, 0.5) is 33.7 Å². The summed E-state index contributed by atoms with van der Waals surface area (Å²) in [5.41, 5.74) is 0.678. The highest BCUT2D eigenvalue weighted by atomic mass is 19.4. The Morgan fingerprint density at radius 1 is 1.10 bits per heavy atom. The summed E-state index contributed by atoms with van der Waals surface area (Å²) < 4.78 is 54.7. The number of carbonyl (C=O) groups is 3. The summed E-state index contributed by atoms with van der Waals surface area (Å²) in [4.78, 5) is 37.4. The lowest BCUT2D eigenvalue weighted by Gasteiger charge is -2.25. The standard InChI is InChI=1S/C25H22F4N6O5/c1-30-34-21(35-12-4-5-16(14-35)22(36)32-19(13-26)23(37)38)15-8-10-17(11-9-15)31-24(39)33-18-6-2-3-7-20(18)40-25(27,28)29/h2-12,19H,1,13-14H2,(H,32,36)(H,37,38)(H2,31,33,39)/b34-21-/t19-/m0/s1. The van der Waals surface area contributed by atoms with Crippen molar-refractivity contribution in [2.45, 2.75) is 12.4 Å². The predicted molar refractivity (Wildman–Crippen MR) is 138 cm³/mol. The van der Waals surface area contributed by atoms with Crippen molar-refractivity contribution >= 4 is 41.8 Å². The monoisotopic (exact) mass is 562 g/mol. The first kappa shape index (κ1) is 29.3. The molecule has 0 fully saturated rings. The maximum Gasteiger partial charge on any atom is 0.573 e. The van der Waals surface area contributed by atoms with E-state index in [1.165, 1.54) is 47.4 Å². The number of carbonyl (C=O) groups excluding carboxylic acids is 2. The third-order valence-corrected chi connectivity index (χ3v) is 5.15. The Labute approximate surface area is 224 Å². The van der Waals surface area contributed by atoms with Gasteiger partial charge in [0.15, 0.2) is 17.6 Å². The molecule has 210 valence electrons. The van der Waals surface area contributed by atoms with E-state index in [9.17, 15) is 31.9 Å². The molecule has 0 radical (unpaired) electrons. The highest BCUT2D eigenvalue weighted by Gasteiger charge is 2.32. The zero-order valence-electron chi connectivity index (χ0n) is 20.5. The average molecular weight is 562 g/mol. The number of hydrogen-bond acceptors (Lipinski definition) is 6. The maximum atomic E-state index is 12.9. The van der Waals surface area contributed by atoms with Crippen molar-refractivity contribution in [3.63, 3.8) is 0 Å². The van der Waals surface area contributed by atoms with E-state index in [-0.39, 0.29) is 29.3 Å². The lowest BCUT2D eigenvalue weighted by molar-refractivity contribution is -0.274. The molecular weight excluding hydrogens is 540 g/mol. The van der Waals surface area contributed by atoms with E-state index in [2.05, 4.69) is 37.6 Å². The number of carboxylic acid groups (broad SMARTS) is 1. The van der Waals surface area contributed by atoms with Crippen LogP contribution in [-0.4, -0.2) is 66.1 Å². The summed E-state index contributed by atoms with van der Waals surface area (Å²) in [5, 5.41) is 23.4. The van der Waals surface area contributed by atoms with Gasteiger partial charge in [0.1, 0.15) is 6.67 Å². The van der Waals surface area contributed by atoms with Gasteiger partial charge in [-0.15, -0.1) is 18.3 Å². The molecule has 1 heterocycles. The number of rotatable bonds is 9. The molecule has 0 aliphatic carbocycles. The molecular formula is C25H22F4N6O5. The summed E-state index contributed by atoms with van der Waals surface area (Å²) in [6, 6.07) is 8.58. The van der Waals surface area contributed by atoms with Crippen LogP contribution in [0.2, 0.25) is 0 Å². The van der Waals surface area contributed by atoms with Crippen LogP contribution in [-0.2, 0) is 9.59 Å². The number of alkyl halides is 4. The maximum absolute atomic E-state index is 12.9. The predicted octanol–water partition coefficient (Wildman–Crippen LogP) is 3.89.